The summed E-state index contributed by atoms with van der Waals surface area (Å²) in [6.07, 6.45) is 0. The van der Waals surface area contributed by atoms with Gasteiger partial charge in [-0.15, -0.1) is 0 Å². The highest BCUT2D eigenvalue weighted by molar-refractivity contribution is 9.10. The molecule has 1 N–H and O–H groups in total. The van der Waals surface area contributed by atoms with Gasteiger partial charge in [-0.05, 0) is 40.5 Å². The van der Waals surface area contributed by atoms with Gasteiger partial charge in [0.25, 0.3) is 5.69 Å². The summed E-state index contributed by atoms with van der Waals surface area (Å²) < 4.78 is 0.725. The number of halogens is 3. The summed E-state index contributed by atoms with van der Waals surface area (Å²) in [6, 6.07) is 9.93. The summed E-state index contributed by atoms with van der Waals surface area (Å²) in [6.45, 7) is 1.94. The van der Waals surface area contributed by atoms with Crippen LogP contribution in [0.1, 0.15) is 18.5 Å². The normalized spacial score (nSPS) is 12.0. The number of nitrogens with one attached hydrogen (secondary N) is 1. The van der Waals surface area contributed by atoms with Crippen molar-refractivity contribution in [1.82, 2.24) is 0 Å². The molecule has 0 saturated carbocycles. The maximum absolute atomic E-state index is 10.6. The summed E-state index contributed by atoms with van der Waals surface area (Å²) in [5.41, 5.74) is 1.68. The standard InChI is InChI=1S/C14H11BrCl2N2O2/c1-8(9-2-4-10(5-3-9)19(20)21)18-12-7-6-11(15)13(16)14(12)17/h2-8,18H,1H3. The number of rotatable bonds is 4. The van der Waals surface area contributed by atoms with E-state index < -0.39 is 4.92 Å². The van der Waals surface area contributed by atoms with Crippen LogP contribution in [0.5, 0.6) is 0 Å². The second kappa shape index (κ2) is 6.64. The highest BCUT2D eigenvalue weighted by atomic mass is 79.9. The van der Waals surface area contributed by atoms with Gasteiger partial charge in [-0.25, -0.2) is 0 Å². The molecule has 0 bridgehead atoms. The van der Waals surface area contributed by atoms with E-state index in [0.29, 0.717) is 15.7 Å². The Hall–Kier alpha value is -1.30. The van der Waals surface area contributed by atoms with Gasteiger partial charge in [-0.2, -0.15) is 0 Å². The molecule has 2 aromatic rings. The molecule has 0 saturated heterocycles. The molecule has 0 aliphatic heterocycles. The van der Waals surface area contributed by atoms with Gasteiger partial charge in [0.15, 0.2) is 0 Å². The van der Waals surface area contributed by atoms with Gasteiger partial charge in [0.1, 0.15) is 0 Å². The smallest absolute Gasteiger partial charge is 0.269 e. The molecule has 7 heteroatoms. The molecule has 21 heavy (non-hydrogen) atoms. The molecule has 110 valence electrons. The van der Waals surface area contributed by atoms with Crippen molar-refractivity contribution in [2.75, 3.05) is 5.32 Å². The maximum atomic E-state index is 10.6. The predicted octanol–water partition coefficient (Wildman–Crippen LogP) is 5.84. The van der Waals surface area contributed by atoms with Crippen molar-refractivity contribution in [1.29, 1.82) is 0 Å². The third-order valence-corrected chi connectivity index (χ3v) is 4.78. The molecule has 0 heterocycles. The van der Waals surface area contributed by atoms with Gasteiger partial charge in [0.05, 0.1) is 20.7 Å². The molecular weight excluding hydrogens is 379 g/mol. The van der Waals surface area contributed by atoms with Crippen molar-refractivity contribution in [3.8, 4) is 0 Å². The second-order valence-electron chi connectivity index (χ2n) is 4.44. The molecule has 4 nitrogen and oxygen atoms in total. The van der Waals surface area contributed by atoms with E-state index in [-0.39, 0.29) is 11.7 Å². The third kappa shape index (κ3) is 3.67. The van der Waals surface area contributed by atoms with Crippen LogP contribution in [0.25, 0.3) is 0 Å². The first-order valence-electron chi connectivity index (χ1n) is 6.04. The minimum atomic E-state index is -0.423. The zero-order valence-electron chi connectivity index (χ0n) is 10.9. The summed E-state index contributed by atoms with van der Waals surface area (Å²) >= 11 is 15.6. The number of hydrogen-bond acceptors (Lipinski definition) is 3. The molecule has 0 radical (unpaired) electrons. The van der Waals surface area contributed by atoms with E-state index in [1.807, 2.05) is 13.0 Å². The van der Waals surface area contributed by atoms with Crippen molar-refractivity contribution >= 4 is 50.5 Å². The fourth-order valence-electron chi connectivity index (χ4n) is 1.84. The van der Waals surface area contributed by atoms with Crippen LogP contribution in [0.3, 0.4) is 0 Å². The van der Waals surface area contributed by atoms with E-state index in [9.17, 15) is 10.1 Å². The van der Waals surface area contributed by atoms with Crippen LogP contribution in [0.15, 0.2) is 40.9 Å². The van der Waals surface area contributed by atoms with Crippen LogP contribution in [0.2, 0.25) is 10.0 Å². The van der Waals surface area contributed by atoms with Crippen LogP contribution in [0.4, 0.5) is 11.4 Å². The van der Waals surface area contributed by atoms with Crippen LogP contribution in [-0.4, -0.2) is 4.92 Å². The summed E-state index contributed by atoms with van der Waals surface area (Å²) in [5.74, 6) is 0. The molecule has 0 spiro atoms. The van der Waals surface area contributed by atoms with Crippen molar-refractivity contribution in [3.63, 3.8) is 0 Å². The second-order valence-corrected chi connectivity index (χ2v) is 6.05. The van der Waals surface area contributed by atoms with E-state index in [4.69, 9.17) is 23.2 Å². The fourth-order valence-corrected chi connectivity index (χ4v) is 2.67. The largest absolute Gasteiger partial charge is 0.377 e. The molecule has 1 unspecified atom stereocenters. The Balaban J connectivity index is 2.20. The number of nitro groups is 1. The quantitative estimate of drug-likeness (QED) is 0.406. The number of nitro benzene ring substituents is 1. The Morgan fingerprint density at radius 1 is 1.14 bits per heavy atom. The molecule has 2 rings (SSSR count). The minimum absolute atomic E-state index is 0.0654. The van der Waals surface area contributed by atoms with Crippen LogP contribution in [-0.2, 0) is 0 Å². The molecule has 1 atom stereocenters. The summed E-state index contributed by atoms with van der Waals surface area (Å²) in [7, 11) is 0. The van der Waals surface area contributed by atoms with Gasteiger partial charge >= 0.3 is 0 Å². The fraction of sp³-hybridized carbons (Fsp3) is 0.143. The average Bonchev–Trinajstić information content (AvgIpc) is 2.48. The van der Waals surface area contributed by atoms with Crippen molar-refractivity contribution in [3.05, 3.63) is 66.6 Å². The van der Waals surface area contributed by atoms with Crippen molar-refractivity contribution < 1.29 is 4.92 Å². The molecule has 0 aliphatic rings. The van der Waals surface area contributed by atoms with Crippen LogP contribution < -0.4 is 5.32 Å². The monoisotopic (exact) mass is 388 g/mol. The van der Waals surface area contributed by atoms with E-state index in [1.54, 1.807) is 18.2 Å². The molecule has 0 aromatic heterocycles. The van der Waals surface area contributed by atoms with Crippen molar-refractivity contribution in [2.24, 2.45) is 0 Å². The average molecular weight is 390 g/mol. The number of non-ortho nitro benzene ring substituents is 1. The lowest BCUT2D eigenvalue weighted by atomic mass is 10.1. The van der Waals surface area contributed by atoms with E-state index in [2.05, 4.69) is 21.2 Å². The number of anilines is 1. The Kier molecular flexibility index (Phi) is 5.08. The zero-order chi connectivity index (χ0) is 15.6. The predicted molar refractivity (Wildman–Crippen MR) is 89.3 cm³/mol. The van der Waals surface area contributed by atoms with Crippen LogP contribution >= 0.6 is 39.1 Å². The van der Waals surface area contributed by atoms with Crippen LogP contribution in [0, 0.1) is 10.1 Å². The first-order chi connectivity index (χ1) is 9.90. The lowest BCUT2D eigenvalue weighted by molar-refractivity contribution is -0.384. The highest BCUT2D eigenvalue weighted by Crippen LogP contribution is 2.37. The highest BCUT2D eigenvalue weighted by Gasteiger charge is 2.13. The van der Waals surface area contributed by atoms with Gasteiger partial charge < -0.3 is 5.32 Å². The molecular formula is C14H11BrCl2N2O2. The molecule has 0 amide bonds. The van der Waals surface area contributed by atoms with Crippen molar-refractivity contribution in [2.45, 2.75) is 13.0 Å². The number of hydrogen-bond donors (Lipinski definition) is 1. The number of nitrogens with zero attached hydrogens (tertiary/aromatic N) is 1. The van der Waals surface area contributed by atoms with Gasteiger partial charge in [0.2, 0.25) is 0 Å². The Labute approximate surface area is 140 Å². The Morgan fingerprint density at radius 2 is 1.76 bits per heavy atom. The Morgan fingerprint density at radius 3 is 2.33 bits per heavy atom. The first kappa shape index (κ1) is 16.1. The van der Waals surface area contributed by atoms with Gasteiger partial charge in [-0.3, -0.25) is 10.1 Å². The first-order valence-corrected chi connectivity index (χ1v) is 7.59. The summed E-state index contributed by atoms with van der Waals surface area (Å²) in [4.78, 5) is 10.2. The topological polar surface area (TPSA) is 55.2 Å². The molecule has 2 aromatic carbocycles. The van der Waals surface area contributed by atoms with E-state index in [0.717, 1.165) is 10.0 Å². The molecule has 0 aliphatic carbocycles. The third-order valence-electron chi connectivity index (χ3n) is 3.01. The lowest BCUT2D eigenvalue weighted by Gasteiger charge is -2.17. The minimum Gasteiger partial charge on any atom is -0.377 e. The van der Waals surface area contributed by atoms with Gasteiger partial charge in [0, 0.05) is 22.6 Å². The lowest BCUT2D eigenvalue weighted by Crippen LogP contribution is -2.07. The number of benzene rings is 2. The zero-order valence-corrected chi connectivity index (χ0v) is 14.0. The van der Waals surface area contributed by atoms with E-state index >= 15 is 0 Å². The molecule has 0 fully saturated rings. The Bertz CT molecular complexity index is 677. The SMILES string of the molecule is CC(Nc1ccc(Br)c(Cl)c1Cl)c1ccc([N+](=O)[O-])cc1. The maximum Gasteiger partial charge on any atom is 0.269 e. The summed E-state index contributed by atoms with van der Waals surface area (Å²) in [5, 5.41) is 14.7. The van der Waals surface area contributed by atoms with Gasteiger partial charge in [-0.1, -0.05) is 35.3 Å². The van der Waals surface area contributed by atoms with E-state index in [1.165, 1.54) is 12.1 Å².